The highest BCUT2D eigenvalue weighted by Crippen LogP contribution is 2.21. The Bertz CT molecular complexity index is 410. The lowest BCUT2D eigenvalue weighted by Gasteiger charge is -2.20. The Kier molecular flexibility index (Phi) is 3.25. The Morgan fingerprint density at radius 1 is 1.38 bits per heavy atom. The molecule has 86 valence electrons. The average molecular weight is 217 g/mol. The summed E-state index contributed by atoms with van der Waals surface area (Å²) >= 11 is 0. The Morgan fingerprint density at radius 3 is 2.81 bits per heavy atom. The summed E-state index contributed by atoms with van der Waals surface area (Å²) in [6, 6.07) is 6.63. The molecule has 1 aromatic carbocycles. The molecule has 0 aliphatic carbocycles. The van der Waals surface area contributed by atoms with Crippen LogP contribution in [0.4, 0.5) is 0 Å². The van der Waals surface area contributed by atoms with Crippen molar-refractivity contribution in [2.75, 3.05) is 20.1 Å². The second-order valence-corrected chi connectivity index (χ2v) is 4.20. The van der Waals surface area contributed by atoms with Gasteiger partial charge >= 0.3 is 0 Å². The van der Waals surface area contributed by atoms with Crippen molar-refractivity contribution in [2.45, 2.75) is 19.9 Å². The van der Waals surface area contributed by atoms with E-state index in [9.17, 15) is 0 Å². The SMILES string of the molecule is CNC(C1=NCCN1)c1cccc(C)c1C. The fraction of sp³-hybridized carbons (Fsp3) is 0.462. The molecule has 16 heavy (non-hydrogen) atoms. The van der Waals surface area contributed by atoms with Gasteiger partial charge in [0, 0.05) is 6.54 Å². The van der Waals surface area contributed by atoms with Crippen LogP contribution in [0.3, 0.4) is 0 Å². The zero-order chi connectivity index (χ0) is 11.5. The van der Waals surface area contributed by atoms with Gasteiger partial charge in [-0.3, -0.25) is 4.99 Å². The Balaban J connectivity index is 2.36. The maximum atomic E-state index is 4.50. The van der Waals surface area contributed by atoms with E-state index in [0.717, 1.165) is 18.9 Å². The summed E-state index contributed by atoms with van der Waals surface area (Å²) in [6.45, 7) is 6.16. The number of likely N-dealkylation sites (N-methyl/N-ethyl adjacent to an activating group) is 1. The van der Waals surface area contributed by atoms with Crippen molar-refractivity contribution in [3.63, 3.8) is 0 Å². The number of hydrogen-bond acceptors (Lipinski definition) is 3. The minimum Gasteiger partial charge on any atom is -0.370 e. The van der Waals surface area contributed by atoms with Gasteiger partial charge in [-0.15, -0.1) is 0 Å². The van der Waals surface area contributed by atoms with E-state index in [1.165, 1.54) is 16.7 Å². The van der Waals surface area contributed by atoms with E-state index < -0.39 is 0 Å². The normalized spacial score (nSPS) is 16.8. The van der Waals surface area contributed by atoms with Gasteiger partial charge in [0.05, 0.1) is 12.6 Å². The minimum atomic E-state index is 0.197. The van der Waals surface area contributed by atoms with Crippen LogP contribution < -0.4 is 10.6 Å². The maximum Gasteiger partial charge on any atom is 0.118 e. The van der Waals surface area contributed by atoms with Gasteiger partial charge in [-0.05, 0) is 37.6 Å². The third-order valence-electron chi connectivity index (χ3n) is 3.22. The number of nitrogens with one attached hydrogen (secondary N) is 2. The molecule has 1 aliphatic heterocycles. The van der Waals surface area contributed by atoms with E-state index in [0.29, 0.717) is 0 Å². The molecule has 3 heteroatoms. The molecule has 0 amide bonds. The minimum absolute atomic E-state index is 0.197. The van der Waals surface area contributed by atoms with Crippen LogP contribution >= 0.6 is 0 Å². The van der Waals surface area contributed by atoms with Crippen LogP contribution in [0.2, 0.25) is 0 Å². The van der Waals surface area contributed by atoms with Crippen LogP contribution in [-0.4, -0.2) is 26.0 Å². The summed E-state index contributed by atoms with van der Waals surface area (Å²) in [6.07, 6.45) is 0. The molecule has 1 aliphatic rings. The average Bonchev–Trinajstić information content (AvgIpc) is 2.79. The smallest absolute Gasteiger partial charge is 0.118 e. The fourth-order valence-electron chi connectivity index (χ4n) is 2.14. The van der Waals surface area contributed by atoms with Crippen LogP contribution in [-0.2, 0) is 0 Å². The number of benzene rings is 1. The molecule has 1 atom stereocenters. The highest BCUT2D eigenvalue weighted by atomic mass is 15.1. The lowest BCUT2D eigenvalue weighted by Crippen LogP contribution is -2.33. The number of hydrogen-bond donors (Lipinski definition) is 2. The second kappa shape index (κ2) is 4.66. The van der Waals surface area contributed by atoms with Crippen molar-refractivity contribution in [3.05, 3.63) is 34.9 Å². The zero-order valence-corrected chi connectivity index (χ0v) is 10.2. The van der Waals surface area contributed by atoms with E-state index >= 15 is 0 Å². The van der Waals surface area contributed by atoms with Gasteiger partial charge in [0.2, 0.25) is 0 Å². The van der Waals surface area contributed by atoms with E-state index in [4.69, 9.17) is 0 Å². The number of aliphatic imine (C=N–C) groups is 1. The zero-order valence-electron chi connectivity index (χ0n) is 10.2. The van der Waals surface area contributed by atoms with Crippen LogP contribution in [0.1, 0.15) is 22.7 Å². The molecule has 3 nitrogen and oxygen atoms in total. The molecule has 2 N–H and O–H groups in total. The number of rotatable bonds is 3. The summed E-state index contributed by atoms with van der Waals surface area (Å²) in [5.74, 6) is 1.07. The van der Waals surface area contributed by atoms with E-state index in [1.807, 2.05) is 7.05 Å². The summed E-state index contributed by atoms with van der Waals surface area (Å²) in [5, 5.41) is 6.68. The molecular formula is C13H19N3. The van der Waals surface area contributed by atoms with Gasteiger partial charge in [-0.2, -0.15) is 0 Å². The van der Waals surface area contributed by atoms with Gasteiger partial charge in [0.15, 0.2) is 0 Å². The first-order valence-electron chi connectivity index (χ1n) is 5.75. The Labute approximate surface area is 97.0 Å². The lowest BCUT2D eigenvalue weighted by atomic mass is 9.97. The van der Waals surface area contributed by atoms with E-state index in [-0.39, 0.29) is 6.04 Å². The van der Waals surface area contributed by atoms with Crippen molar-refractivity contribution in [1.29, 1.82) is 0 Å². The highest BCUT2D eigenvalue weighted by molar-refractivity contribution is 5.90. The molecule has 0 saturated carbocycles. The molecule has 0 fully saturated rings. The quantitative estimate of drug-likeness (QED) is 0.806. The van der Waals surface area contributed by atoms with Crippen LogP contribution in [0, 0.1) is 13.8 Å². The molecule has 0 saturated heterocycles. The first-order chi connectivity index (χ1) is 7.74. The van der Waals surface area contributed by atoms with Crippen LogP contribution in [0.5, 0.6) is 0 Å². The van der Waals surface area contributed by atoms with Crippen LogP contribution in [0.15, 0.2) is 23.2 Å². The van der Waals surface area contributed by atoms with Gasteiger partial charge in [-0.1, -0.05) is 18.2 Å². The molecule has 1 unspecified atom stereocenters. The van der Waals surface area contributed by atoms with E-state index in [1.54, 1.807) is 0 Å². The summed E-state index contributed by atoms with van der Waals surface area (Å²) < 4.78 is 0. The molecule has 2 rings (SSSR count). The lowest BCUT2D eigenvalue weighted by molar-refractivity contribution is 0.725. The van der Waals surface area contributed by atoms with Crippen molar-refractivity contribution in [2.24, 2.45) is 4.99 Å². The number of nitrogens with zero attached hydrogens (tertiary/aromatic N) is 1. The molecule has 0 radical (unpaired) electrons. The monoisotopic (exact) mass is 217 g/mol. The molecule has 1 heterocycles. The van der Waals surface area contributed by atoms with Gasteiger partial charge in [0.25, 0.3) is 0 Å². The Morgan fingerprint density at radius 2 is 2.19 bits per heavy atom. The second-order valence-electron chi connectivity index (χ2n) is 4.20. The predicted molar refractivity (Wildman–Crippen MR) is 68.0 cm³/mol. The topological polar surface area (TPSA) is 36.4 Å². The standard InChI is InChI=1S/C13H19N3/c1-9-5-4-6-11(10(9)2)12(14-3)13-15-7-8-16-13/h4-6,12,14H,7-8H2,1-3H3,(H,15,16). The molecule has 0 aromatic heterocycles. The van der Waals surface area contributed by atoms with Gasteiger partial charge in [-0.25, -0.2) is 0 Å². The van der Waals surface area contributed by atoms with Crippen molar-refractivity contribution in [3.8, 4) is 0 Å². The maximum absolute atomic E-state index is 4.50. The first kappa shape index (κ1) is 11.1. The summed E-state index contributed by atoms with van der Waals surface area (Å²) in [4.78, 5) is 4.50. The predicted octanol–water partition coefficient (Wildman–Crippen LogP) is 1.57. The molecule has 0 spiro atoms. The number of amidine groups is 1. The number of aryl methyl sites for hydroxylation is 1. The largest absolute Gasteiger partial charge is 0.370 e. The van der Waals surface area contributed by atoms with Crippen molar-refractivity contribution < 1.29 is 0 Å². The van der Waals surface area contributed by atoms with Crippen LogP contribution in [0.25, 0.3) is 0 Å². The Hall–Kier alpha value is -1.35. The summed E-state index contributed by atoms with van der Waals surface area (Å²) in [5.41, 5.74) is 3.99. The van der Waals surface area contributed by atoms with Crippen molar-refractivity contribution >= 4 is 5.84 Å². The third-order valence-corrected chi connectivity index (χ3v) is 3.22. The van der Waals surface area contributed by atoms with Gasteiger partial charge < -0.3 is 10.6 Å². The summed E-state index contributed by atoms with van der Waals surface area (Å²) in [7, 11) is 1.98. The fourth-order valence-corrected chi connectivity index (χ4v) is 2.14. The van der Waals surface area contributed by atoms with E-state index in [2.05, 4.69) is 47.7 Å². The molecule has 1 aromatic rings. The molecular weight excluding hydrogens is 198 g/mol. The third kappa shape index (κ3) is 1.95. The van der Waals surface area contributed by atoms with Gasteiger partial charge in [0.1, 0.15) is 5.84 Å². The molecule has 0 bridgehead atoms. The highest BCUT2D eigenvalue weighted by Gasteiger charge is 2.20. The first-order valence-corrected chi connectivity index (χ1v) is 5.75. The van der Waals surface area contributed by atoms with Crippen molar-refractivity contribution in [1.82, 2.24) is 10.6 Å².